The lowest BCUT2D eigenvalue weighted by atomic mass is 10.1. The second-order valence-corrected chi connectivity index (χ2v) is 3.34. The van der Waals surface area contributed by atoms with Gasteiger partial charge in [-0.25, -0.2) is 0 Å². The number of benzene rings is 1. The van der Waals surface area contributed by atoms with E-state index in [4.69, 9.17) is 9.47 Å². The number of ether oxygens (including phenoxy) is 2. The largest absolute Gasteiger partial charge is 0.381 e. The van der Waals surface area contributed by atoms with Gasteiger partial charge < -0.3 is 9.47 Å². The molecular formula is C14H18O2. The third kappa shape index (κ3) is 4.43. The van der Waals surface area contributed by atoms with Crippen LogP contribution in [-0.4, -0.2) is 27.4 Å². The molecule has 0 amide bonds. The zero-order valence-electron chi connectivity index (χ0n) is 9.85. The van der Waals surface area contributed by atoms with Crippen molar-refractivity contribution in [1.29, 1.82) is 0 Å². The molecule has 1 aromatic rings. The van der Waals surface area contributed by atoms with Crippen LogP contribution in [0, 0.1) is 0 Å². The van der Waals surface area contributed by atoms with E-state index in [1.807, 2.05) is 24.3 Å². The Bertz CT molecular complexity index is 319. The molecule has 0 aliphatic heterocycles. The Morgan fingerprint density at radius 3 is 1.69 bits per heavy atom. The quantitative estimate of drug-likeness (QED) is 0.730. The fourth-order valence-corrected chi connectivity index (χ4v) is 1.36. The van der Waals surface area contributed by atoms with E-state index in [1.165, 1.54) is 11.1 Å². The number of hydrogen-bond acceptors (Lipinski definition) is 2. The monoisotopic (exact) mass is 218 g/mol. The maximum Gasteiger partial charge on any atom is 0.0646 e. The van der Waals surface area contributed by atoms with Gasteiger partial charge in [0.15, 0.2) is 0 Å². The van der Waals surface area contributed by atoms with Gasteiger partial charge in [-0.05, 0) is 11.1 Å². The molecule has 1 rings (SSSR count). The standard InChI is InChI=1S/C14H18O2/c1-15-11-5-9-13-7-3-4-8-14(13)10-6-12-16-2/h3-10H,11-12H2,1-2H3. The highest BCUT2D eigenvalue weighted by Crippen LogP contribution is 2.12. The normalized spacial score (nSPS) is 11.6. The molecule has 0 spiro atoms. The van der Waals surface area contributed by atoms with Crippen LogP contribution in [0.2, 0.25) is 0 Å². The summed E-state index contributed by atoms with van der Waals surface area (Å²) in [4.78, 5) is 0. The number of methoxy groups -OCH3 is 2. The van der Waals surface area contributed by atoms with Crippen LogP contribution in [0.3, 0.4) is 0 Å². The second-order valence-electron chi connectivity index (χ2n) is 3.34. The lowest BCUT2D eigenvalue weighted by Gasteiger charge is -2.00. The van der Waals surface area contributed by atoms with E-state index in [2.05, 4.69) is 24.3 Å². The third-order valence-corrected chi connectivity index (χ3v) is 2.12. The van der Waals surface area contributed by atoms with Crippen molar-refractivity contribution < 1.29 is 9.47 Å². The Kier molecular flexibility index (Phi) is 6.23. The molecule has 0 aromatic heterocycles. The molecule has 1 aromatic carbocycles. The molecular weight excluding hydrogens is 200 g/mol. The van der Waals surface area contributed by atoms with Gasteiger partial charge in [-0.15, -0.1) is 0 Å². The van der Waals surface area contributed by atoms with Gasteiger partial charge in [0.25, 0.3) is 0 Å². The minimum Gasteiger partial charge on any atom is -0.381 e. The van der Waals surface area contributed by atoms with Crippen LogP contribution in [-0.2, 0) is 9.47 Å². The topological polar surface area (TPSA) is 18.5 Å². The molecule has 2 heteroatoms. The first-order valence-electron chi connectivity index (χ1n) is 5.28. The molecule has 16 heavy (non-hydrogen) atoms. The maximum absolute atomic E-state index is 4.98. The zero-order chi connectivity index (χ0) is 11.6. The minimum absolute atomic E-state index is 0.635. The Balaban J connectivity index is 2.75. The average molecular weight is 218 g/mol. The van der Waals surface area contributed by atoms with E-state index in [0.717, 1.165) is 0 Å². The SMILES string of the molecule is COCC=Cc1ccccc1C=CCOC. The predicted octanol–water partition coefficient (Wildman–Crippen LogP) is 3.01. The van der Waals surface area contributed by atoms with Crippen molar-refractivity contribution in [3.8, 4) is 0 Å². The summed E-state index contributed by atoms with van der Waals surface area (Å²) < 4.78 is 9.95. The van der Waals surface area contributed by atoms with Gasteiger partial charge in [0.05, 0.1) is 13.2 Å². The molecule has 0 aliphatic carbocycles. The van der Waals surface area contributed by atoms with Gasteiger partial charge in [-0.3, -0.25) is 0 Å². The van der Waals surface area contributed by atoms with Crippen LogP contribution in [0.15, 0.2) is 36.4 Å². The van der Waals surface area contributed by atoms with Gasteiger partial charge in [-0.2, -0.15) is 0 Å². The summed E-state index contributed by atoms with van der Waals surface area (Å²) in [5.74, 6) is 0. The third-order valence-electron chi connectivity index (χ3n) is 2.12. The van der Waals surface area contributed by atoms with Crippen molar-refractivity contribution in [3.05, 3.63) is 47.5 Å². The molecule has 0 saturated carbocycles. The summed E-state index contributed by atoms with van der Waals surface area (Å²) >= 11 is 0. The molecule has 0 saturated heterocycles. The molecule has 0 bridgehead atoms. The van der Waals surface area contributed by atoms with Crippen molar-refractivity contribution in [1.82, 2.24) is 0 Å². The van der Waals surface area contributed by atoms with Crippen molar-refractivity contribution in [2.75, 3.05) is 27.4 Å². The van der Waals surface area contributed by atoms with Crippen molar-refractivity contribution in [3.63, 3.8) is 0 Å². The highest BCUT2D eigenvalue weighted by molar-refractivity contribution is 5.65. The van der Waals surface area contributed by atoms with Crippen LogP contribution in [0.25, 0.3) is 12.2 Å². The molecule has 0 unspecified atom stereocenters. The Morgan fingerprint density at radius 1 is 0.875 bits per heavy atom. The van der Waals surface area contributed by atoms with Crippen LogP contribution in [0.5, 0.6) is 0 Å². The van der Waals surface area contributed by atoms with E-state index >= 15 is 0 Å². The molecule has 0 radical (unpaired) electrons. The number of hydrogen-bond donors (Lipinski definition) is 0. The first kappa shape index (κ1) is 12.7. The fraction of sp³-hybridized carbons (Fsp3) is 0.286. The molecule has 0 heterocycles. The molecule has 0 atom stereocenters. The van der Waals surface area contributed by atoms with Gasteiger partial charge >= 0.3 is 0 Å². The zero-order valence-corrected chi connectivity index (χ0v) is 9.85. The van der Waals surface area contributed by atoms with E-state index in [9.17, 15) is 0 Å². The first-order chi connectivity index (χ1) is 7.88. The summed E-state index contributed by atoms with van der Waals surface area (Å²) in [6, 6.07) is 8.22. The summed E-state index contributed by atoms with van der Waals surface area (Å²) in [6.45, 7) is 1.27. The summed E-state index contributed by atoms with van der Waals surface area (Å²) in [6.07, 6.45) is 8.14. The van der Waals surface area contributed by atoms with Gasteiger partial charge in [-0.1, -0.05) is 48.6 Å². The van der Waals surface area contributed by atoms with E-state index in [-0.39, 0.29) is 0 Å². The Labute approximate surface area is 97.2 Å². The van der Waals surface area contributed by atoms with Gasteiger partial charge in [0, 0.05) is 14.2 Å². The van der Waals surface area contributed by atoms with Crippen LogP contribution in [0.1, 0.15) is 11.1 Å². The highest BCUT2D eigenvalue weighted by atomic mass is 16.5. The first-order valence-corrected chi connectivity index (χ1v) is 5.28. The summed E-state index contributed by atoms with van der Waals surface area (Å²) in [7, 11) is 3.38. The van der Waals surface area contributed by atoms with E-state index in [0.29, 0.717) is 13.2 Å². The maximum atomic E-state index is 4.98. The highest BCUT2D eigenvalue weighted by Gasteiger charge is 1.93. The van der Waals surface area contributed by atoms with Crippen molar-refractivity contribution in [2.45, 2.75) is 0 Å². The van der Waals surface area contributed by atoms with Crippen molar-refractivity contribution >= 4 is 12.2 Å². The second kappa shape index (κ2) is 7.85. The molecule has 86 valence electrons. The molecule has 0 fully saturated rings. The van der Waals surface area contributed by atoms with Crippen LogP contribution in [0.4, 0.5) is 0 Å². The van der Waals surface area contributed by atoms with E-state index < -0.39 is 0 Å². The summed E-state index contributed by atoms with van der Waals surface area (Å²) in [5, 5.41) is 0. The molecule has 0 aliphatic rings. The average Bonchev–Trinajstić information content (AvgIpc) is 2.32. The Morgan fingerprint density at radius 2 is 1.31 bits per heavy atom. The van der Waals surface area contributed by atoms with Crippen LogP contribution < -0.4 is 0 Å². The summed E-state index contributed by atoms with van der Waals surface area (Å²) in [5.41, 5.74) is 2.37. The fourth-order valence-electron chi connectivity index (χ4n) is 1.36. The van der Waals surface area contributed by atoms with E-state index in [1.54, 1.807) is 14.2 Å². The van der Waals surface area contributed by atoms with Crippen LogP contribution >= 0.6 is 0 Å². The predicted molar refractivity (Wildman–Crippen MR) is 68.3 cm³/mol. The Hall–Kier alpha value is -1.38. The molecule has 2 nitrogen and oxygen atoms in total. The lowest BCUT2D eigenvalue weighted by molar-refractivity contribution is 0.234. The van der Waals surface area contributed by atoms with Gasteiger partial charge in [0.2, 0.25) is 0 Å². The number of rotatable bonds is 6. The lowest BCUT2D eigenvalue weighted by Crippen LogP contribution is -1.84. The van der Waals surface area contributed by atoms with Gasteiger partial charge in [0.1, 0.15) is 0 Å². The van der Waals surface area contributed by atoms with Crippen molar-refractivity contribution in [2.24, 2.45) is 0 Å². The smallest absolute Gasteiger partial charge is 0.0646 e. The molecule has 0 N–H and O–H groups in total. The minimum atomic E-state index is 0.635.